The minimum atomic E-state index is -0.932. The molecule has 0 saturated heterocycles. The van der Waals surface area contributed by atoms with Gasteiger partial charge in [0.25, 0.3) is 0 Å². The third kappa shape index (κ3) is 5.24. The Morgan fingerprint density at radius 3 is 2.83 bits per heavy atom. The predicted octanol–water partition coefficient (Wildman–Crippen LogP) is 0.529. The monoisotopic (exact) mass is 252 g/mol. The van der Waals surface area contributed by atoms with Crippen molar-refractivity contribution in [2.45, 2.75) is 32.4 Å². The molecule has 0 spiro atoms. The van der Waals surface area contributed by atoms with E-state index in [9.17, 15) is 9.59 Å². The van der Waals surface area contributed by atoms with E-state index >= 15 is 0 Å². The zero-order valence-corrected chi connectivity index (χ0v) is 10.1. The SMILES string of the molecule is CCC(CC(=O)O)NC(=O)NCc1ccncn1. The van der Waals surface area contributed by atoms with Gasteiger partial charge in [0.05, 0.1) is 18.7 Å². The van der Waals surface area contributed by atoms with E-state index in [0.717, 1.165) is 0 Å². The number of hydrogen-bond acceptors (Lipinski definition) is 4. The van der Waals surface area contributed by atoms with Crippen molar-refractivity contribution >= 4 is 12.0 Å². The van der Waals surface area contributed by atoms with Gasteiger partial charge in [-0.1, -0.05) is 6.92 Å². The maximum absolute atomic E-state index is 11.5. The Morgan fingerprint density at radius 2 is 2.28 bits per heavy atom. The van der Waals surface area contributed by atoms with Crippen molar-refractivity contribution in [2.75, 3.05) is 0 Å². The van der Waals surface area contributed by atoms with Crippen molar-refractivity contribution in [3.63, 3.8) is 0 Å². The van der Waals surface area contributed by atoms with Crippen molar-refractivity contribution in [3.8, 4) is 0 Å². The highest BCUT2D eigenvalue weighted by Crippen LogP contribution is 1.97. The fourth-order valence-corrected chi connectivity index (χ4v) is 1.34. The Morgan fingerprint density at radius 1 is 1.50 bits per heavy atom. The van der Waals surface area contributed by atoms with Gasteiger partial charge in [-0.2, -0.15) is 0 Å². The van der Waals surface area contributed by atoms with Crippen LogP contribution in [-0.4, -0.2) is 33.1 Å². The maximum atomic E-state index is 11.5. The predicted molar refractivity (Wildman–Crippen MR) is 63.7 cm³/mol. The van der Waals surface area contributed by atoms with Crippen LogP contribution < -0.4 is 10.6 Å². The van der Waals surface area contributed by atoms with E-state index in [1.54, 1.807) is 12.3 Å². The van der Waals surface area contributed by atoms with Crippen LogP contribution in [-0.2, 0) is 11.3 Å². The Bertz CT molecular complexity index is 397. The summed E-state index contributed by atoms with van der Waals surface area (Å²) in [5.74, 6) is -0.932. The van der Waals surface area contributed by atoms with Crippen LogP contribution in [0.5, 0.6) is 0 Å². The first kappa shape index (κ1) is 13.9. The molecule has 3 N–H and O–H groups in total. The van der Waals surface area contributed by atoms with E-state index in [4.69, 9.17) is 5.11 Å². The van der Waals surface area contributed by atoms with Crippen LogP contribution in [0.25, 0.3) is 0 Å². The normalized spacial score (nSPS) is 11.6. The Labute approximate surface area is 105 Å². The topological polar surface area (TPSA) is 104 Å². The van der Waals surface area contributed by atoms with Crippen molar-refractivity contribution in [1.29, 1.82) is 0 Å². The van der Waals surface area contributed by atoms with Gasteiger partial charge in [-0.05, 0) is 12.5 Å². The number of amides is 2. The summed E-state index contributed by atoms with van der Waals surface area (Å²) in [4.78, 5) is 29.8. The molecule has 2 amide bonds. The molecule has 1 rings (SSSR count). The van der Waals surface area contributed by atoms with E-state index in [0.29, 0.717) is 12.1 Å². The van der Waals surface area contributed by atoms with E-state index in [-0.39, 0.29) is 19.0 Å². The molecular formula is C11H16N4O3. The number of carbonyl (C=O) groups is 2. The first-order valence-electron chi connectivity index (χ1n) is 5.63. The molecule has 98 valence electrons. The summed E-state index contributed by atoms with van der Waals surface area (Å²) >= 11 is 0. The highest BCUT2D eigenvalue weighted by atomic mass is 16.4. The highest BCUT2D eigenvalue weighted by molar-refractivity contribution is 5.75. The van der Waals surface area contributed by atoms with Crippen LogP contribution in [0.4, 0.5) is 4.79 Å². The minimum absolute atomic E-state index is 0.0859. The number of nitrogens with one attached hydrogen (secondary N) is 2. The summed E-state index contributed by atoms with van der Waals surface area (Å²) < 4.78 is 0. The van der Waals surface area contributed by atoms with Gasteiger partial charge in [-0.25, -0.2) is 14.8 Å². The van der Waals surface area contributed by atoms with Gasteiger partial charge in [-0.3, -0.25) is 4.79 Å². The lowest BCUT2D eigenvalue weighted by molar-refractivity contribution is -0.137. The van der Waals surface area contributed by atoms with Gasteiger partial charge in [0.15, 0.2) is 0 Å². The van der Waals surface area contributed by atoms with Gasteiger partial charge in [-0.15, -0.1) is 0 Å². The van der Waals surface area contributed by atoms with Gasteiger partial charge in [0, 0.05) is 12.2 Å². The van der Waals surface area contributed by atoms with Gasteiger partial charge in [0.1, 0.15) is 6.33 Å². The number of nitrogens with zero attached hydrogens (tertiary/aromatic N) is 2. The molecule has 0 bridgehead atoms. The number of aromatic nitrogens is 2. The van der Waals surface area contributed by atoms with Crippen LogP contribution in [0.2, 0.25) is 0 Å². The molecule has 1 unspecified atom stereocenters. The second-order valence-electron chi connectivity index (χ2n) is 3.73. The summed E-state index contributed by atoms with van der Waals surface area (Å²) in [7, 11) is 0. The van der Waals surface area contributed by atoms with Crippen molar-refractivity contribution < 1.29 is 14.7 Å². The molecular weight excluding hydrogens is 236 g/mol. The minimum Gasteiger partial charge on any atom is -0.481 e. The largest absolute Gasteiger partial charge is 0.481 e. The van der Waals surface area contributed by atoms with Crippen molar-refractivity contribution in [3.05, 3.63) is 24.3 Å². The lowest BCUT2D eigenvalue weighted by atomic mass is 10.1. The smallest absolute Gasteiger partial charge is 0.315 e. The molecule has 18 heavy (non-hydrogen) atoms. The molecule has 1 aromatic rings. The Kier molecular flexibility index (Phi) is 5.56. The second-order valence-corrected chi connectivity index (χ2v) is 3.73. The highest BCUT2D eigenvalue weighted by Gasteiger charge is 2.13. The molecule has 0 radical (unpaired) electrons. The second kappa shape index (κ2) is 7.21. The number of carbonyl (C=O) groups excluding carboxylic acids is 1. The zero-order chi connectivity index (χ0) is 13.4. The Balaban J connectivity index is 2.34. The summed E-state index contributed by atoms with van der Waals surface area (Å²) in [5, 5.41) is 13.8. The molecule has 0 fully saturated rings. The molecule has 1 heterocycles. The number of hydrogen-bond donors (Lipinski definition) is 3. The molecule has 0 aliphatic heterocycles. The zero-order valence-electron chi connectivity index (χ0n) is 10.1. The average Bonchev–Trinajstić information content (AvgIpc) is 2.36. The van der Waals surface area contributed by atoms with Gasteiger partial charge >= 0.3 is 12.0 Å². The fraction of sp³-hybridized carbons (Fsp3) is 0.455. The van der Waals surface area contributed by atoms with Crippen molar-refractivity contribution in [1.82, 2.24) is 20.6 Å². The maximum Gasteiger partial charge on any atom is 0.315 e. The Hall–Kier alpha value is -2.18. The van der Waals surface area contributed by atoms with E-state index < -0.39 is 12.0 Å². The molecule has 1 aromatic heterocycles. The number of rotatable bonds is 6. The van der Waals surface area contributed by atoms with Crippen LogP contribution in [0.15, 0.2) is 18.6 Å². The lowest BCUT2D eigenvalue weighted by Crippen LogP contribution is -2.42. The number of carboxylic acids is 1. The molecule has 7 nitrogen and oxygen atoms in total. The van der Waals surface area contributed by atoms with Gasteiger partial charge < -0.3 is 15.7 Å². The number of carboxylic acid groups (broad SMARTS) is 1. The van der Waals surface area contributed by atoms with E-state index in [1.807, 2.05) is 6.92 Å². The van der Waals surface area contributed by atoms with Crippen LogP contribution in [0, 0.1) is 0 Å². The first-order chi connectivity index (χ1) is 8.61. The number of aliphatic carboxylic acids is 1. The van der Waals surface area contributed by atoms with Crippen LogP contribution in [0.1, 0.15) is 25.5 Å². The van der Waals surface area contributed by atoms with Crippen LogP contribution >= 0.6 is 0 Å². The summed E-state index contributed by atoms with van der Waals surface area (Å²) in [6, 6.07) is 0.920. The fourth-order valence-electron chi connectivity index (χ4n) is 1.34. The third-order valence-electron chi connectivity index (χ3n) is 2.32. The molecule has 0 aromatic carbocycles. The molecule has 0 aliphatic rings. The lowest BCUT2D eigenvalue weighted by Gasteiger charge is -2.15. The summed E-state index contributed by atoms with van der Waals surface area (Å²) in [6.07, 6.45) is 3.46. The number of urea groups is 1. The molecule has 7 heteroatoms. The third-order valence-corrected chi connectivity index (χ3v) is 2.32. The van der Waals surface area contributed by atoms with E-state index in [2.05, 4.69) is 20.6 Å². The first-order valence-corrected chi connectivity index (χ1v) is 5.63. The standard InChI is InChI=1S/C11H16N4O3/c1-2-8(5-10(16)17)15-11(18)13-6-9-3-4-12-7-14-9/h3-4,7-8H,2,5-6H2,1H3,(H,16,17)(H2,13,15,18). The quantitative estimate of drug-likeness (QED) is 0.685. The molecule has 0 saturated carbocycles. The van der Waals surface area contributed by atoms with E-state index in [1.165, 1.54) is 6.33 Å². The van der Waals surface area contributed by atoms with Gasteiger partial charge in [0.2, 0.25) is 0 Å². The molecule has 0 aliphatic carbocycles. The van der Waals surface area contributed by atoms with Crippen LogP contribution in [0.3, 0.4) is 0 Å². The summed E-state index contributed by atoms with van der Waals surface area (Å²) in [5.41, 5.74) is 0.687. The summed E-state index contributed by atoms with van der Waals surface area (Å²) in [6.45, 7) is 2.09. The molecule has 1 atom stereocenters. The van der Waals surface area contributed by atoms with Crippen molar-refractivity contribution in [2.24, 2.45) is 0 Å². The average molecular weight is 252 g/mol.